The molecule has 1 heterocycles. The molecular formula is C16H13ClO4. The Balaban J connectivity index is 2.15. The third kappa shape index (κ3) is 2.42. The number of carboxylic acid groups (broad SMARTS) is 1. The summed E-state index contributed by atoms with van der Waals surface area (Å²) < 4.78 is 11.7. The number of carbonyl (C=O) groups is 1. The predicted octanol–water partition coefficient (Wildman–Crippen LogP) is 3.29. The van der Waals surface area contributed by atoms with Gasteiger partial charge in [0, 0.05) is 11.1 Å². The first-order valence-corrected chi connectivity index (χ1v) is 6.88. The fraction of sp³-hybridized carbons (Fsp3) is 0.188. The topological polar surface area (TPSA) is 55.8 Å². The molecule has 0 amide bonds. The number of halogens is 1. The van der Waals surface area contributed by atoms with E-state index in [4.69, 9.17) is 21.1 Å². The van der Waals surface area contributed by atoms with E-state index in [2.05, 4.69) is 0 Å². The first-order valence-electron chi connectivity index (χ1n) is 6.50. The number of rotatable bonds is 3. The van der Waals surface area contributed by atoms with Crippen LogP contribution in [0, 0.1) is 0 Å². The van der Waals surface area contributed by atoms with Crippen LogP contribution >= 0.6 is 11.6 Å². The molecule has 2 aromatic carbocycles. The zero-order valence-corrected chi connectivity index (χ0v) is 11.8. The van der Waals surface area contributed by atoms with Gasteiger partial charge in [0.05, 0.1) is 23.8 Å². The molecule has 0 aliphatic carbocycles. The fourth-order valence-electron chi connectivity index (χ4n) is 2.46. The van der Waals surface area contributed by atoms with Crippen molar-refractivity contribution >= 4 is 17.6 Å². The van der Waals surface area contributed by atoms with Crippen molar-refractivity contribution in [3.63, 3.8) is 0 Å². The van der Waals surface area contributed by atoms with E-state index in [-0.39, 0.29) is 10.6 Å². The van der Waals surface area contributed by atoms with Gasteiger partial charge >= 0.3 is 5.97 Å². The highest BCUT2D eigenvalue weighted by atomic mass is 35.5. The van der Waals surface area contributed by atoms with Crippen molar-refractivity contribution in [2.24, 2.45) is 0 Å². The van der Waals surface area contributed by atoms with Gasteiger partial charge < -0.3 is 14.6 Å². The normalized spacial score (nSPS) is 16.8. The van der Waals surface area contributed by atoms with E-state index >= 15 is 0 Å². The van der Waals surface area contributed by atoms with Crippen LogP contribution in [0.5, 0.6) is 0 Å². The van der Waals surface area contributed by atoms with Crippen molar-refractivity contribution in [2.45, 2.75) is 5.79 Å². The lowest BCUT2D eigenvalue weighted by atomic mass is 9.95. The minimum Gasteiger partial charge on any atom is -0.478 e. The van der Waals surface area contributed by atoms with Gasteiger partial charge in [-0.1, -0.05) is 48.0 Å². The Bertz CT molecular complexity index is 663. The Morgan fingerprint density at radius 1 is 1.05 bits per heavy atom. The molecule has 1 saturated heterocycles. The molecule has 1 N–H and O–H groups in total. The van der Waals surface area contributed by atoms with E-state index in [0.29, 0.717) is 18.8 Å². The molecule has 0 atom stereocenters. The van der Waals surface area contributed by atoms with Gasteiger partial charge in [-0.2, -0.15) is 0 Å². The Kier molecular flexibility index (Phi) is 3.68. The molecule has 0 saturated carbocycles. The highest BCUT2D eigenvalue weighted by molar-refractivity contribution is 6.33. The highest BCUT2D eigenvalue weighted by Gasteiger charge is 2.41. The Hall–Kier alpha value is -1.88. The molecule has 4 nitrogen and oxygen atoms in total. The molecule has 3 rings (SSSR count). The number of hydrogen-bond donors (Lipinski definition) is 1. The van der Waals surface area contributed by atoms with E-state index in [1.807, 2.05) is 30.3 Å². The summed E-state index contributed by atoms with van der Waals surface area (Å²) in [5, 5.41) is 9.41. The van der Waals surface area contributed by atoms with Crippen LogP contribution in [-0.2, 0) is 15.3 Å². The molecule has 108 valence electrons. The van der Waals surface area contributed by atoms with Crippen LogP contribution in [0.25, 0.3) is 0 Å². The number of hydrogen-bond acceptors (Lipinski definition) is 3. The zero-order valence-electron chi connectivity index (χ0n) is 11.1. The molecule has 1 aliphatic rings. The van der Waals surface area contributed by atoms with Crippen molar-refractivity contribution in [3.05, 3.63) is 70.2 Å². The van der Waals surface area contributed by atoms with Crippen LogP contribution in [-0.4, -0.2) is 24.3 Å². The van der Waals surface area contributed by atoms with Gasteiger partial charge in [0.25, 0.3) is 0 Å². The molecular weight excluding hydrogens is 292 g/mol. The maximum absolute atomic E-state index is 11.3. The second kappa shape index (κ2) is 5.48. The monoisotopic (exact) mass is 304 g/mol. The summed E-state index contributed by atoms with van der Waals surface area (Å²) in [6, 6.07) is 14.2. The molecule has 21 heavy (non-hydrogen) atoms. The van der Waals surface area contributed by atoms with Crippen LogP contribution in [0.1, 0.15) is 21.5 Å². The van der Waals surface area contributed by atoms with Crippen molar-refractivity contribution in [1.29, 1.82) is 0 Å². The predicted molar refractivity (Wildman–Crippen MR) is 77.5 cm³/mol. The van der Waals surface area contributed by atoms with Gasteiger partial charge in [-0.25, -0.2) is 4.79 Å². The molecule has 1 aliphatic heterocycles. The van der Waals surface area contributed by atoms with Crippen LogP contribution < -0.4 is 0 Å². The standard InChI is InChI=1S/C16H13ClO4/c17-14-7-6-12(10-13(14)15(18)19)16(20-8-9-21-16)11-4-2-1-3-5-11/h1-7,10H,8-9H2,(H,18,19). The van der Waals surface area contributed by atoms with Crippen LogP contribution in [0.15, 0.2) is 48.5 Å². The van der Waals surface area contributed by atoms with Crippen LogP contribution in [0.3, 0.4) is 0 Å². The molecule has 0 unspecified atom stereocenters. The maximum Gasteiger partial charge on any atom is 0.337 e. The molecule has 0 bridgehead atoms. The van der Waals surface area contributed by atoms with Gasteiger partial charge in [0.2, 0.25) is 5.79 Å². The lowest BCUT2D eigenvalue weighted by Gasteiger charge is -2.28. The first-order chi connectivity index (χ1) is 10.1. The minimum atomic E-state index is -1.08. The minimum absolute atomic E-state index is 0.0311. The Labute approximate surface area is 126 Å². The van der Waals surface area contributed by atoms with Gasteiger partial charge in [-0.15, -0.1) is 0 Å². The average molecular weight is 305 g/mol. The summed E-state index contributed by atoms with van der Waals surface area (Å²) >= 11 is 5.93. The van der Waals surface area contributed by atoms with Crippen molar-refractivity contribution < 1.29 is 19.4 Å². The van der Waals surface area contributed by atoms with Gasteiger partial charge in [0.15, 0.2) is 0 Å². The van der Waals surface area contributed by atoms with Crippen molar-refractivity contribution in [1.82, 2.24) is 0 Å². The van der Waals surface area contributed by atoms with Crippen LogP contribution in [0.2, 0.25) is 5.02 Å². The van der Waals surface area contributed by atoms with E-state index in [1.54, 1.807) is 12.1 Å². The summed E-state index contributed by atoms with van der Waals surface area (Å²) in [6.07, 6.45) is 0. The highest BCUT2D eigenvalue weighted by Crippen LogP contribution is 2.39. The zero-order chi connectivity index (χ0) is 14.9. The van der Waals surface area contributed by atoms with Crippen molar-refractivity contribution in [3.8, 4) is 0 Å². The summed E-state index contributed by atoms with van der Waals surface area (Å²) in [5.74, 6) is -2.15. The summed E-state index contributed by atoms with van der Waals surface area (Å²) in [4.78, 5) is 11.3. The molecule has 0 radical (unpaired) electrons. The molecule has 2 aromatic rings. The number of carboxylic acids is 1. The number of ether oxygens (including phenoxy) is 2. The fourth-order valence-corrected chi connectivity index (χ4v) is 2.66. The summed E-state index contributed by atoms with van der Waals surface area (Å²) in [5.41, 5.74) is 1.47. The second-order valence-electron chi connectivity index (χ2n) is 4.68. The average Bonchev–Trinajstić information content (AvgIpc) is 2.99. The lowest BCUT2D eigenvalue weighted by Crippen LogP contribution is -2.29. The SMILES string of the molecule is O=C(O)c1cc(C2(c3ccccc3)OCCO2)ccc1Cl. The molecule has 5 heteroatoms. The number of benzene rings is 2. The third-order valence-corrected chi connectivity index (χ3v) is 3.75. The maximum atomic E-state index is 11.3. The van der Waals surface area contributed by atoms with E-state index in [9.17, 15) is 9.90 Å². The van der Waals surface area contributed by atoms with Gasteiger partial charge in [-0.05, 0) is 12.1 Å². The first kappa shape index (κ1) is 14.1. The van der Waals surface area contributed by atoms with E-state index in [0.717, 1.165) is 5.56 Å². The van der Waals surface area contributed by atoms with E-state index in [1.165, 1.54) is 6.07 Å². The lowest BCUT2D eigenvalue weighted by molar-refractivity contribution is -0.129. The largest absolute Gasteiger partial charge is 0.478 e. The van der Waals surface area contributed by atoms with Crippen molar-refractivity contribution in [2.75, 3.05) is 13.2 Å². The quantitative estimate of drug-likeness (QED) is 0.945. The Morgan fingerprint density at radius 2 is 1.71 bits per heavy atom. The third-order valence-electron chi connectivity index (χ3n) is 3.42. The molecule has 0 spiro atoms. The Morgan fingerprint density at radius 3 is 2.33 bits per heavy atom. The van der Waals surface area contributed by atoms with E-state index < -0.39 is 11.8 Å². The van der Waals surface area contributed by atoms with Crippen LogP contribution in [0.4, 0.5) is 0 Å². The molecule has 0 aromatic heterocycles. The molecule has 1 fully saturated rings. The second-order valence-corrected chi connectivity index (χ2v) is 5.09. The summed E-state index contributed by atoms with van der Waals surface area (Å²) in [7, 11) is 0. The smallest absolute Gasteiger partial charge is 0.337 e. The van der Waals surface area contributed by atoms with Gasteiger partial charge in [-0.3, -0.25) is 0 Å². The number of aromatic carboxylic acids is 1. The summed E-state index contributed by atoms with van der Waals surface area (Å²) in [6.45, 7) is 0.889. The van der Waals surface area contributed by atoms with Gasteiger partial charge in [0.1, 0.15) is 0 Å².